The molecule has 1 fully saturated rings. The first-order valence-corrected chi connectivity index (χ1v) is 3.60. The highest BCUT2D eigenvalue weighted by Crippen LogP contribution is 2.17. The third kappa shape index (κ3) is 1.20. The monoisotopic (exact) mass is 139 g/mol. The summed E-state index contributed by atoms with van der Waals surface area (Å²) in [6, 6.07) is 0.319. The minimum absolute atomic E-state index is 0.0266. The van der Waals surface area contributed by atoms with Crippen LogP contribution in [0.25, 0.3) is 0 Å². The molecule has 10 heavy (non-hydrogen) atoms. The molecule has 1 amide bonds. The molecular weight excluding hydrogens is 126 g/mol. The van der Waals surface area contributed by atoms with Crippen LogP contribution in [0.5, 0.6) is 0 Å². The Labute approximate surface area is 61.3 Å². The molecule has 0 aromatic carbocycles. The van der Waals surface area contributed by atoms with Crippen LogP contribution in [0.3, 0.4) is 0 Å². The van der Waals surface area contributed by atoms with Gasteiger partial charge in [0.25, 0.3) is 0 Å². The normalized spacial score (nSPS) is 25.7. The Hall–Kier alpha value is -0.790. The molecule has 1 saturated heterocycles. The van der Waals surface area contributed by atoms with Crippen molar-refractivity contribution in [2.75, 3.05) is 0 Å². The van der Waals surface area contributed by atoms with E-state index in [2.05, 4.69) is 25.7 Å². The summed E-state index contributed by atoms with van der Waals surface area (Å²) in [4.78, 5) is 10.9. The van der Waals surface area contributed by atoms with Crippen molar-refractivity contribution < 1.29 is 4.79 Å². The van der Waals surface area contributed by atoms with Crippen LogP contribution in [0, 0.1) is 5.92 Å². The van der Waals surface area contributed by atoms with Gasteiger partial charge in [-0.25, -0.2) is 0 Å². The lowest BCUT2D eigenvalue weighted by Crippen LogP contribution is -2.29. The van der Waals surface area contributed by atoms with Gasteiger partial charge in [-0.3, -0.25) is 4.79 Å². The Kier molecular flexibility index (Phi) is 1.79. The second-order valence-corrected chi connectivity index (χ2v) is 3.13. The second-order valence-electron chi connectivity index (χ2n) is 3.13. The Morgan fingerprint density at radius 2 is 2.30 bits per heavy atom. The Morgan fingerprint density at radius 1 is 1.70 bits per heavy atom. The fraction of sp³-hybridized carbons (Fsp3) is 0.625. The first-order chi connectivity index (χ1) is 4.61. The standard InChI is InChI=1S/C8H13NO/c1-5(2)7-4-6(3)8(10)9-7/h5,7H,3-4H2,1-2H3,(H,9,10)/t7-/m0/s1. The van der Waals surface area contributed by atoms with Crippen molar-refractivity contribution in [2.45, 2.75) is 26.3 Å². The molecule has 1 aliphatic heterocycles. The van der Waals surface area contributed by atoms with E-state index in [-0.39, 0.29) is 5.91 Å². The number of amides is 1. The third-order valence-electron chi connectivity index (χ3n) is 1.91. The van der Waals surface area contributed by atoms with Crippen LogP contribution in [-0.2, 0) is 4.79 Å². The van der Waals surface area contributed by atoms with E-state index in [0.29, 0.717) is 12.0 Å². The zero-order valence-corrected chi connectivity index (χ0v) is 6.48. The molecule has 0 saturated carbocycles. The third-order valence-corrected chi connectivity index (χ3v) is 1.91. The van der Waals surface area contributed by atoms with Gasteiger partial charge in [-0.2, -0.15) is 0 Å². The van der Waals surface area contributed by atoms with Crippen molar-refractivity contribution in [1.82, 2.24) is 5.32 Å². The van der Waals surface area contributed by atoms with Crippen LogP contribution in [-0.4, -0.2) is 11.9 Å². The van der Waals surface area contributed by atoms with Gasteiger partial charge in [-0.15, -0.1) is 0 Å². The lowest BCUT2D eigenvalue weighted by Gasteiger charge is -2.12. The molecule has 1 heterocycles. The summed E-state index contributed by atoms with van der Waals surface area (Å²) in [6.45, 7) is 7.86. The average Bonchev–Trinajstić information content (AvgIpc) is 2.13. The van der Waals surface area contributed by atoms with E-state index in [1.54, 1.807) is 0 Å². The van der Waals surface area contributed by atoms with E-state index < -0.39 is 0 Å². The number of carbonyl (C=O) groups is 1. The molecule has 1 N–H and O–H groups in total. The van der Waals surface area contributed by atoms with E-state index in [9.17, 15) is 4.79 Å². The maximum Gasteiger partial charge on any atom is 0.246 e. The smallest absolute Gasteiger partial charge is 0.246 e. The highest BCUT2D eigenvalue weighted by atomic mass is 16.2. The molecule has 0 aliphatic carbocycles. The zero-order chi connectivity index (χ0) is 7.72. The molecule has 2 heteroatoms. The summed E-state index contributed by atoms with van der Waals surface area (Å²) >= 11 is 0. The molecule has 1 rings (SSSR count). The zero-order valence-electron chi connectivity index (χ0n) is 6.48. The quantitative estimate of drug-likeness (QED) is 0.541. The van der Waals surface area contributed by atoms with E-state index in [0.717, 1.165) is 12.0 Å². The Morgan fingerprint density at radius 3 is 2.50 bits per heavy atom. The van der Waals surface area contributed by atoms with Crippen LogP contribution in [0.2, 0.25) is 0 Å². The van der Waals surface area contributed by atoms with Gasteiger partial charge in [0.05, 0.1) is 0 Å². The molecule has 1 aliphatic rings. The molecular formula is C8H13NO. The molecule has 56 valence electrons. The average molecular weight is 139 g/mol. The van der Waals surface area contributed by atoms with Crippen LogP contribution >= 0.6 is 0 Å². The topological polar surface area (TPSA) is 29.1 Å². The largest absolute Gasteiger partial charge is 0.349 e. The van der Waals surface area contributed by atoms with E-state index in [4.69, 9.17) is 0 Å². The Balaban J connectivity index is 2.57. The van der Waals surface area contributed by atoms with Crippen molar-refractivity contribution >= 4 is 5.91 Å². The molecule has 0 spiro atoms. The summed E-state index contributed by atoms with van der Waals surface area (Å²) in [5, 5.41) is 2.86. The number of carbonyl (C=O) groups excluding carboxylic acids is 1. The van der Waals surface area contributed by atoms with Gasteiger partial charge in [0.1, 0.15) is 0 Å². The summed E-state index contributed by atoms with van der Waals surface area (Å²) in [5.41, 5.74) is 0.721. The highest BCUT2D eigenvalue weighted by Gasteiger charge is 2.26. The second kappa shape index (κ2) is 2.45. The van der Waals surface area contributed by atoms with Crippen LogP contribution in [0.1, 0.15) is 20.3 Å². The summed E-state index contributed by atoms with van der Waals surface area (Å²) < 4.78 is 0. The predicted octanol–water partition coefficient (Wildman–Crippen LogP) is 1.09. The minimum atomic E-state index is 0.0266. The van der Waals surface area contributed by atoms with Crippen molar-refractivity contribution in [3.63, 3.8) is 0 Å². The fourth-order valence-electron chi connectivity index (χ4n) is 1.08. The number of nitrogens with one attached hydrogen (secondary N) is 1. The molecule has 0 bridgehead atoms. The highest BCUT2D eigenvalue weighted by molar-refractivity contribution is 5.95. The summed E-state index contributed by atoms with van der Waals surface area (Å²) in [7, 11) is 0. The molecule has 0 unspecified atom stereocenters. The van der Waals surface area contributed by atoms with Crippen molar-refractivity contribution in [2.24, 2.45) is 5.92 Å². The SMILES string of the molecule is C=C1C[C@@H](C(C)C)NC1=O. The number of hydrogen-bond acceptors (Lipinski definition) is 1. The molecule has 0 radical (unpaired) electrons. The van der Waals surface area contributed by atoms with Gasteiger partial charge in [0, 0.05) is 11.6 Å². The molecule has 1 atom stereocenters. The van der Waals surface area contributed by atoms with E-state index in [1.807, 2.05) is 0 Å². The molecule has 0 aromatic rings. The van der Waals surface area contributed by atoms with Crippen LogP contribution < -0.4 is 5.32 Å². The maximum atomic E-state index is 10.9. The van der Waals surface area contributed by atoms with Gasteiger partial charge in [-0.05, 0) is 12.3 Å². The maximum absolute atomic E-state index is 10.9. The lowest BCUT2D eigenvalue weighted by atomic mass is 10.0. The van der Waals surface area contributed by atoms with Crippen molar-refractivity contribution in [1.29, 1.82) is 0 Å². The minimum Gasteiger partial charge on any atom is -0.349 e. The molecule has 0 aromatic heterocycles. The Bertz CT molecular complexity index is 156. The van der Waals surface area contributed by atoms with Gasteiger partial charge in [0.15, 0.2) is 0 Å². The van der Waals surface area contributed by atoms with Gasteiger partial charge in [-0.1, -0.05) is 20.4 Å². The summed E-state index contributed by atoms with van der Waals surface area (Å²) in [6.07, 6.45) is 0.816. The van der Waals surface area contributed by atoms with Crippen LogP contribution in [0.4, 0.5) is 0 Å². The number of hydrogen-bond donors (Lipinski definition) is 1. The van der Waals surface area contributed by atoms with E-state index >= 15 is 0 Å². The van der Waals surface area contributed by atoms with E-state index in [1.165, 1.54) is 0 Å². The van der Waals surface area contributed by atoms with Crippen molar-refractivity contribution in [3.8, 4) is 0 Å². The van der Waals surface area contributed by atoms with Crippen molar-refractivity contribution in [3.05, 3.63) is 12.2 Å². The first kappa shape index (κ1) is 7.32. The predicted molar refractivity (Wildman–Crippen MR) is 40.5 cm³/mol. The fourth-order valence-corrected chi connectivity index (χ4v) is 1.08. The van der Waals surface area contributed by atoms with Crippen LogP contribution in [0.15, 0.2) is 12.2 Å². The van der Waals surface area contributed by atoms with Gasteiger partial charge >= 0.3 is 0 Å². The first-order valence-electron chi connectivity index (χ1n) is 3.60. The summed E-state index contributed by atoms with van der Waals surface area (Å²) in [5.74, 6) is 0.543. The lowest BCUT2D eigenvalue weighted by molar-refractivity contribution is -0.116. The van der Waals surface area contributed by atoms with Gasteiger partial charge in [0.2, 0.25) is 5.91 Å². The molecule has 2 nitrogen and oxygen atoms in total. The van der Waals surface area contributed by atoms with Gasteiger partial charge < -0.3 is 5.32 Å². The number of rotatable bonds is 1.